The molecule has 0 amide bonds. The van der Waals surface area contributed by atoms with E-state index in [1.165, 1.54) is 6.14 Å². The van der Waals surface area contributed by atoms with Crippen LogP contribution in [0.1, 0.15) is 13.8 Å². The van der Waals surface area contributed by atoms with E-state index in [0.717, 1.165) is 45.7 Å². The third-order valence-corrected chi connectivity index (χ3v) is 5.30. The maximum absolute atomic E-state index is 9.00. The van der Waals surface area contributed by atoms with Crippen molar-refractivity contribution in [1.82, 2.24) is 0 Å². The summed E-state index contributed by atoms with van der Waals surface area (Å²) in [6.45, 7) is 2.17. The Bertz CT molecular complexity index is 363. The van der Waals surface area contributed by atoms with Crippen LogP contribution in [0.15, 0.2) is 18.2 Å². The van der Waals surface area contributed by atoms with E-state index in [2.05, 4.69) is 12.1 Å². The Hall–Kier alpha value is -0.170. The van der Waals surface area contributed by atoms with Gasteiger partial charge in [-0.05, 0) is 0 Å². The van der Waals surface area contributed by atoms with Crippen LogP contribution in [0.2, 0.25) is 0 Å². The molecule has 0 aromatic heterocycles. The topological polar surface area (TPSA) is 101 Å². The van der Waals surface area contributed by atoms with E-state index in [4.69, 9.17) is 25.5 Å². The molecule has 4 N–H and O–H groups in total. The summed E-state index contributed by atoms with van der Waals surface area (Å²) in [5, 5.41) is 14.8. The molecule has 0 aliphatic rings. The van der Waals surface area contributed by atoms with Gasteiger partial charge in [-0.15, -0.1) is 0 Å². The van der Waals surface area contributed by atoms with E-state index < -0.39 is 11.9 Å². The Balaban J connectivity index is 0. The minimum atomic E-state index is -0.833. The van der Waals surface area contributed by atoms with Crippen molar-refractivity contribution in [2.75, 3.05) is 5.73 Å². The molecule has 0 unspecified atom stereocenters. The number of carboxylic acid groups (broad SMARTS) is 2. The molecule has 5 nitrogen and oxygen atoms in total. The molecular formula is C10H13Hg2NO4. The van der Waals surface area contributed by atoms with Crippen LogP contribution in [-0.2, 0) is 61.8 Å². The summed E-state index contributed by atoms with van der Waals surface area (Å²) in [5.74, 6) is -1.67. The van der Waals surface area contributed by atoms with Crippen molar-refractivity contribution in [1.29, 1.82) is 0 Å². The van der Waals surface area contributed by atoms with Gasteiger partial charge in [-0.3, -0.25) is 9.59 Å². The van der Waals surface area contributed by atoms with Gasteiger partial charge in [0.25, 0.3) is 11.9 Å². The zero-order valence-corrected chi connectivity index (χ0v) is 20.9. The molecule has 1 rings (SSSR count). The zero-order chi connectivity index (χ0) is 14.0. The van der Waals surface area contributed by atoms with Gasteiger partial charge in [0, 0.05) is 13.8 Å². The first-order chi connectivity index (χ1) is 7.66. The standard InChI is InChI=1S/C6H5N.2C2H4O2.2Hg/c7-6-4-2-1-3-5-6;2*1-2(3)4;;/h2-4H,7H2;2*1H3,(H,3,4);;. The van der Waals surface area contributed by atoms with Crippen molar-refractivity contribution in [2.45, 2.75) is 13.8 Å². The van der Waals surface area contributed by atoms with Gasteiger partial charge >= 0.3 is 88.0 Å². The zero-order valence-electron chi connectivity index (χ0n) is 9.93. The summed E-state index contributed by atoms with van der Waals surface area (Å²) in [7, 11) is 0. The fraction of sp³-hybridized carbons (Fsp3) is 0.200. The number of anilines is 1. The molecule has 0 fully saturated rings. The van der Waals surface area contributed by atoms with E-state index in [1.807, 2.05) is 6.07 Å². The van der Waals surface area contributed by atoms with Crippen molar-refractivity contribution in [3.63, 3.8) is 0 Å². The van der Waals surface area contributed by atoms with Crippen molar-refractivity contribution < 1.29 is 72.0 Å². The predicted molar refractivity (Wildman–Crippen MR) is 56.7 cm³/mol. The summed E-state index contributed by atoms with van der Waals surface area (Å²) in [6, 6.07) is 6.42. The number of rotatable bonds is 0. The summed E-state index contributed by atoms with van der Waals surface area (Å²) in [5.41, 5.74) is 6.65. The molecule has 0 aliphatic carbocycles. The molecule has 0 saturated carbocycles. The minimum absolute atomic E-state index is 0.694. The number of carboxylic acids is 2. The van der Waals surface area contributed by atoms with Crippen LogP contribution < -0.4 is 11.9 Å². The molecule has 1 aromatic rings. The molecule has 0 saturated heterocycles. The average molecular weight is 612 g/mol. The van der Waals surface area contributed by atoms with Crippen molar-refractivity contribution in [3.8, 4) is 0 Å². The fourth-order valence-corrected chi connectivity index (χ4v) is 7.92. The van der Waals surface area contributed by atoms with Crippen LogP contribution in [-0.4, -0.2) is 22.2 Å². The van der Waals surface area contributed by atoms with Gasteiger partial charge in [-0.1, -0.05) is 0 Å². The molecule has 86 valence electrons. The Morgan fingerprint density at radius 2 is 1.47 bits per heavy atom. The number of nitrogens with two attached hydrogens (primary N) is 1. The van der Waals surface area contributed by atoms with E-state index in [9.17, 15) is 0 Å². The molecule has 0 spiro atoms. The fourth-order valence-electron chi connectivity index (χ4n) is 0.659. The van der Waals surface area contributed by atoms with Crippen molar-refractivity contribution in [2.24, 2.45) is 0 Å². The van der Waals surface area contributed by atoms with Crippen LogP contribution in [0, 0.1) is 0 Å². The Morgan fingerprint density at radius 1 is 1.12 bits per heavy atom. The number of carbonyl (C=O) groups is 2. The predicted octanol–water partition coefficient (Wildman–Crippen LogP) is -0.205. The van der Waals surface area contributed by atoms with Gasteiger partial charge < -0.3 is 10.2 Å². The maximum atomic E-state index is 9.00. The monoisotopic (exact) mass is 615 g/mol. The van der Waals surface area contributed by atoms with Gasteiger partial charge in [0.15, 0.2) is 0 Å². The molecule has 0 atom stereocenters. The molecule has 1 aromatic carbocycles. The van der Waals surface area contributed by atoms with Crippen molar-refractivity contribution in [3.05, 3.63) is 18.2 Å². The van der Waals surface area contributed by atoms with Gasteiger partial charge in [0.2, 0.25) is 0 Å². The molecule has 0 bridgehead atoms. The second-order valence-corrected chi connectivity index (χ2v) is 9.21. The quantitative estimate of drug-likeness (QED) is 0.279. The normalized spacial score (nSPS) is 8.12. The van der Waals surface area contributed by atoms with Crippen LogP contribution in [0.3, 0.4) is 0 Å². The number of nitrogen functional groups attached to an aromatic ring is 1. The number of hydrogen-bond donors (Lipinski definition) is 3. The van der Waals surface area contributed by atoms with E-state index >= 15 is 0 Å². The first kappa shape index (κ1) is 19.2. The second kappa shape index (κ2) is 11.0. The van der Waals surface area contributed by atoms with Crippen LogP contribution >= 0.6 is 0 Å². The van der Waals surface area contributed by atoms with E-state index in [1.54, 1.807) is 0 Å². The Morgan fingerprint density at radius 3 is 1.71 bits per heavy atom. The first-order valence-electron chi connectivity index (χ1n) is 4.59. The summed E-state index contributed by atoms with van der Waals surface area (Å²) < 4.78 is 2.91. The third-order valence-electron chi connectivity index (χ3n) is 1.21. The molecule has 0 heterocycles. The third kappa shape index (κ3) is 18.4. The van der Waals surface area contributed by atoms with E-state index in [0.29, 0.717) is 26.1 Å². The Labute approximate surface area is 132 Å². The van der Waals surface area contributed by atoms with Crippen molar-refractivity contribution >= 4 is 23.8 Å². The molecule has 0 radical (unpaired) electrons. The van der Waals surface area contributed by atoms with E-state index in [-0.39, 0.29) is 0 Å². The van der Waals surface area contributed by atoms with Crippen LogP contribution in [0.5, 0.6) is 0 Å². The molecule has 17 heavy (non-hydrogen) atoms. The number of aliphatic carboxylic acids is 2. The van der Waals surface area contributed by atoms with Crippen LogP contribution in [0.25, 0.3) is 0 Å². The number of hydrogen-bond acceptors (Lipinski definition) is 3. The number of benzene rings is 1. The van der Waals surface area contributed by atoms with Gasteiger partial charge in [0.1, 0.15) is 0 Å². The molecular weight excluding hydrogens is 599 g/mol. The van der Waals surface area contributed by atoms with Gasteiger partial charge in [-0.2, -0.15) is 0 Å². The first-order valence-corrected chi connectivity index (χ1v) is 10.1. The Kier molecular flexibility index (Phi) is 12.4. The summed E-state index contributed by atoms with van der Waals surface area (Å²) in [6.07, 6.45) is 0. The van der Waals surface area contributed by atoms with Gasteiger partial charge in [-0.25, -0.2) is 0 Å². The second-order valence-electron chi connectivity index (χ2n) is 3.07. The molecule has 0 aliphatic heterocycles. The van der Waals surface area contributed by atoms with Gasteiger partial charge in [0.05, 0.1) is 0 Å². The molecule has 7 heteroatoms. The SMILES string of the molecule is CC(=O)O.CC(=O)O.Nc1cc[c]([Hg])c[c]1[Hg]. The summed E-state index contributed by atoms with van der Waals surface area (Å²) >= 11 is 1.46. The average Bonchev–Trinajstić information content (AvgIpc) is 2.10. The summed E-state index contributed by atoms with van der Waals surface area (Å²) in [4.78, 5) is 18.0. The van der Waals surface area contributed by atoms with Crippen LogP contribution in [0.4, 0.5) is 5.69 Å².